The van der Waals surface area contributed by atoms with Gasteiger partial charge < -0.3 is 0 Å². The summed E-state index contributed by atoms with van der Waals surface area (Å²) in [5, 5.41) is 0. The van der Waals surface area contributed by atoms with E-state index < -0.39 is 0 Å². The molecule has 1 aromatic rings. The lowest BCUT2D eigenvalue weighted by Gasteiger charge is -2.02. The molecule has 0 aliphatic heterocycles. The lowest BCUT2D eigenvalue weighted by Crippen LogP contribution is -2.04. The molecule has 0 heterocycles. The molecule has 4 heteroatoms. The third-order valence-electron chi connectivity index (χ3n) is 1.55. The van der Waals surface area contributed by atoms with E-state index in [9.17, 15) is 4.79 Å². The van der Waals surface area contributed by atoms with Crippen LogP contribution in [0.4, 0.5) is 0 Å². The second-order valence-corrected chi connectivity index (χ2v) is 4.93. The summed E-state index contributed by atoms with van der Waals surface area (Å²) >= 11 is 11.0. The molecule has 0 saturated heterocycles. The molecule has 70 valence electrons. The first kappa shape index (κ1) is 11.5. The minimum absolute atomic E-state index is 0.0573. The Bertz CT molecular complexity index is 327. The molecule has 0 saturated carbocycles. The molecular formula is C9H7BrClIO. The van der Waals surface area contributed by atoms with Crippen molar-refractivity contribution in [1.82, 2.24) is 0 Å². The van der Waals surface area contributed by atoms with Crippen LogP contribution in [0, 0.1) is 3.57 Å². The van der Waals surface area contributed by atoms with Crippen LogP contribution in [-0.2, 0) is 11.2 Å². The summed E-state index contributed by atoms with van der Waals surface area (Å²) in [5.41, 5.74) is 1.04. The van der Waals surface area contributed by atoms with Crippen LogP contribution in [0.2, 0.25) is 0 Å². The predicted octanol–water partition coefficient (Wildman–Crippen LogP) is 3.40. The quantitative estimate of drug-likeness (QED) is 0.586. The molecule has 0 N–H and O–H groups in total. The van der Waals surface area contributed by atoms with E-state index in [1.165, 1.54) is 0 Å². The molecule has 0 aliphatic rings. The highest BCUT2D eigenvalue weighted by Gasteiger charge is 2.05. The number of alkyl halides is 1. The number of carbonyl (C=O) groups excluding carboxylic acids is 1. The minimum atomic E-state index is 0.0573. The highest BCUT2D eigenvalue weighted by molar-refractivity contribution is 14.1. The Kier molecular flexibility index (Phi) is 4.69. The largest absolute Gasteiger partial charge is 0.298 e. The van der Waals surface area contributed by atoms with E-state index in [4.69, 9.17) is 11.6 Å². The van der Waals surface area contributed by atoms with Gasteiger partial charge in [0.2, 0.25) is 0 Å². The van der Waals surface area contributed by atoms with Gasteiger partial charge in [-0.05, 0) is 40.3 Å². The van der Waals surface area contributed by atoms with Crippen molar-refractivity contribution < 1.29 is 4.79 Å². The lowest BCUT2D eigenvalue weighted by atomic mass is 10.1. The van der Waals surface area contributed by atoms with E-state index in [0.717, 1.165) is 13.6 Å². The number of ketones is 1. The fourth-order valence-electron chi connectivity index (χ4n) is 0.925. The Hall–Kier alpha value is 0.390. The summed E-state index contributed by atoms with van der Waals surface area (Å²) in [6.45, 7) is 0. The number of halogens is 3. The zero-order chi connectivity index (χ0) is 9.84. The van der Waals surface area contributed by atoms with Gasteiger partial charge in [0.15, 0.2) is 5.78 Å². The average Bonchev–Trinajstić information content (AvgIpc) is 2.09. The van der Waals surface area contributed by atoms with Crippen molar-refractivity contribution in [3.05, 3.63) is 31.8 Å². The molecule has 1 aromatic carbocycles. The summed E-state index contributed by atoms with van der Waals surface area (Å²) in [6.07, 6.45) is 0.426. The highest BCUT2D eigenvalue weighted by atomic mass is 127. The van der Waals surface area contributed by atoms with Crippen LogP contribution >= 0.6 is 50.1 Å². The van der Waals surface area contributed by atoms with Crippen molar-refractivity contribution in [2.75, 3.05) is 5.88 Å². The van der Waals surface area contributed by atoms with E-state index in [0.29, 0.717) is 6.42 Å². The van der Waals surface area contributed by atoms with Crippen LogP contribution in [0.25, 0.3) is 0 Å². The van der Waals surface area contributed by atoms with Crippen LogP contribution in [0.3, 0.4) is 0 Å². The summed E-state index contributed by atoms with van der Waals surface area (Å²) in [7, 11) is 0. The van der Waals surface area contributed by atoms with Crippen molar-refractivity contribution in [1.29, 1.82) is 0 Å². The van der Waals surface area contributed by atoms with E-state index in [-0.39, 0.29) is 11.7 Å². The smallest absolute Gasteiger partial charge is 0.151 e. The molecule has 0 spiro atoms. The van der Waals surface area contributed by atoms with Gasteiger partial charge in [-0.1, -0.05) is 22.0 Å². The first-order valence-electron chi connectivity index (χ1n) is 3.65. The Labute approximate surface area is 104 Å². The number of rotatable bonds is 3. The van der Waals surface area contributed by atoms with Crippen LogP contribution in [0.15, 0.2) is 22.7 Å². The number of benzene rings is 1. The van der Waals surface area contributed by atoms with Gasteiger partial charge in [0.1, 0.15) is 0 Å². The fraction of sp³-hybridized carbons (Fsp3) is 0.222. The lowest BCUT2D eigenvalue weighted by molar-refractivity contribution is -0.116. The molecule has 0 amide bonds. The summed E-state index contributed by atoms with van der Waals surface area (Å²) in [4.78, 5) is 11.1. The van der Waals surface area contributed by atoms with Crippen molar-refractivity contribution in [3.8, 4) is 0 Å². The maximum Gasteiger partial charge on any atom is 0.151 e. The van der Waals surface area contributed by atoms with Crippen molar-refractivity contribution in [2.24, 2.45) is 0 Å². The van der Waals surface area contributed by atoms with E-state index in [2.05, 4.69) is 38.5 Å². The van der Waals surface area contributed by atoms with Crippen LogP contribution in [0.5, 0.6) is 0 Å². The average molecular weight is 373 g/mol. The molecule has 1 nitrogen and oxygen atoms in total. The van der Waals surface area contributed by atoms with Crippen LogP contribution < -0.4 is 0 Å². The Balaban J connectivity index is 2.83. The molecule has 0 atom stereocenters. The Morgan fingerprint density at radius 3 is 2.77 bits per heavy atom. The van der Waals surface area contributed by atoms with Gasteiger partial charge in [0.05, 0.1) is 5.88 Å². The first-order valence-corrected chi connectivity index (χ1v) is 6.05. The highest BCUT2D eigenvalue weighted by Crippen LogP contribution is 2.19. The van der Waals surface area contributed by atoms with Gasteiger partial charge in [-0.25, -0.2) is 0 Å². The maximum atomic E-state index is 11.1. The molecule has 0 aliphatic carbocycles. The molecule has 1 rings (SSSR count). The molecule has 0 radical (unpaired) electrons. The van der Waals surface area contributed by atoms with Gasteiger partial charge in [-0.15, -0.1) is 11.6 Å². The van der Waals surface area contributed by atoms with E-state index >= 15 is 0 Å². The molecule has 0 aromatic heterocycles. The third kappa shape index (κ3) is 3.56. The summed E-state index contributed by atoms with van der Waals surface area (Å²) in [6, 6.07) is 5.85. The third-order valence-corrected chi connectivity index (χ3v) is 3.35. The number of Topliss-reactive ketones (excluding diaryl/α,β-unsaturated/α-hetero) is 1. The zero-order valence-electron chi connectivity index (χ0n) is 6.69. The molecule has 13 heavy (non-hydrogen) atoms. The van der Waals surface area contributed by atoms with Gasteiger partial charge in [-0.2, -0.15) is 0 Å². The van der Waals surface area contributed by atoms with E-state index in [1.807, 2.05) is 18.2 Å². The van der Waals surface area contributed by atoms with E-state index in [1.54, 1.807) is 0 Å². The summed E-state index contributed by atoms with van der Waals surface area (Å²) in [5.74, 6) is 0.147. The van der Waals surface area contributed by atoms with Gasteiger partial charge in [0, 0.05) is 14.5 Å². The molecule has 0 unspecified atom stereocenters. The van der Waals surface area contributed by atoms with Crippen molar-refractivity contribution in [3.63, 3.8) is 0 Å². The molecular weight excluding hydrogens is 366 g/mol. The number of hydrogen-bond donors (Lipinski definition) is 0. The first-order chi connectivity index (χ1) is 6.13. The van der Waals surface area contributed by atoms with Crippen molar-refractivity contribution >= 4 is 55.9 Å². The van der Waals surface area contributed by atoms with Gasteiger partial charge in [-0.3, -0.25) is 4.79 Å². The number of carbonyl (C=O) groups is 1. The van der Waals surface area contributed by atoms with Gasteiger partial charge in [0.25, 0.3) is 0 Å². The van der Waals surface area contributed by atoms with Crippen molar-refractivity contribution in [2.45, 2.75) is 6.42 Å². The standard InChI is InChI=1S/C9H7BrClIO/c10-7-2-1-6(9(12)4-7)3-8(13)5-11/h1-2,4H,3,5H2. The molecule has 0 bridgehead atoms. The minimum Gasteiger partial charge on any atom is -0.298 e. The predicted molar refractivity (Wildman–Crippen MR) is 66.3 cm³/mol. The zero-order valence-corrected chi connectivity index (χ0v) is 11.2. The summed E-state index contributed by atoms with van der Waals surface area (Å²) < 4.78 is 2.12. The fourth-order valence-corrected chi connectivity index (χ4v) is 2.51. The number of hydrogen-bond acceptors (Lipinski definition) is 1. The Morgan fingerprint density at radius 1 is 1.54 bits per heavy atom. The topological polar surface area (TPSA) is 17.1 Å². The second-order valence-electron chi connectivity index (χ2n) is 2.58. The van der Waals surface area contributed by atoms with Gasteiger partial charge >= 0.3 is 0 Å². The normalized spacial score (nSPS) is 10.1. The molecule has 0 fully saturated rings. The van der Waals surface area contributed by atoms with Crippen LogP contribution in [0.1, 0.15) is 5.56 Å². The Morgan fingerprint density at radius 2 is 2.23 bits per heavy atom. The van der Waals surface area contributed by atoms with Crippen LogP contribution in [-0.4, -0.2) is 11.7 Å². The maximum absolute atomic E-state index is 11.1. The monoisotopic (exact) mass is 372 g/mol. The second kappa shape index (κ2) is 5.32. The SMILES string of the molecule is O=C(CCl)Cc1ccc(Br)cc1I.